The van der Waals surface area contributed by atoms with Crippen molar-refractivity contribution < 1.29 is 4.39 Å². The van der Waals surface area contributed by atoms with Gasteiger partial charge >= 0.3 is 0 Å². The van der Waals surface area contributed by atoms with Gasteiger partial charge in [-0.05, 0) is 43.5 Å². The Hall–Kier alpha value is -0.410. The van der Waals surface area contributed by atoms with E-state index in [0.29, 0.717) is 6.54 Å². The molecule has 0 atom stereocenters. The van der Waals surface area contributed by atoms with E-state index < -0.39 is 0 Å². The summed E-state index contributed by atoms with van der Waals surface area (Å²) < 4.78 is 14.2. The van der Waals surface area contributed by atoms with Crippen LogP contribution in [0.1, 0.15) is 18.4 Å². The maximum Gasteiger partial charge on any atom is 0.127 e. The molecule has 1 nitrogen and oxygen atoms in total. The van der Waals surface area contributed by atoms with Gasteiger partial charge in [-0.15, -0.1) is 0 Å². The Morgan fingerprint density at radius 2 is 2.21 bits per heavy atom. The lowest BCUT2D eigenvalue weighted by Gasteiger charge is -2.05. The Bertz CT molecular complexity index is 323. The predicted molar refractivity (Wildman–Crippen MR) is 58.5 cm³/mol. The Balaban J connectivity index is 1.89. The van der Waals surface area contributed by atoms with Crippen molar-refractivity contribution >= 4 is 15.9 Å². The number of benzene rings is 1. The normalized spacial score (nSPS) is 15.9. The van der Waals surface area contributed by atoms with Gasteiger partial charge in [0.05, 0.1) is 0 Å². The Labute approximate surface area is 91.8 Å². The molecule has 0 aromatic heterocycles. The third-order valence-corrected chi connectivity index (χ3v) is 2.95. The van der Waals surface area contributed by atoms with Crippen LogP contribution in [-0.4, -0.2) is 6.54 Å². The van der Waals surface area contributed by atoms with Crippen LogP contribution in [0.3, 0.4) is 0 Å². The van der Waals surface area contributed by atoms with Crippen molar-refractivity contribution in [2.45, 2.75) is 19.4 Å². The molecule has 0 unspecified atom stereocenters. The molecule has 0 aliphatic heterocycles. The summed E-state index contributed by atoms with van der Waals surface area (Å²) in [6.07, 6.45) is 2.65. The van der Waals surface area contributed by atoms with Crippen molar-refractivity contribution in [1.82, 2.24) is 5.32 Å². The van der Waals surface area contributed by atoms with Crippen molar-refractivity contribution in [2.75, 3.05) is 6.54 Å². The molecule has 0 amide bonds. The fraction of sp³-hybridized carbons (Fsp3) is 0.455. The van der Waals surface area contributed by atoms with Crippen molar-refractivity contribution in [1.29, 1.82) is 0 Å². The molecule has 1 saturated carbocycles. The zero-order chi connectivity index (χ0) is 9.97. The molecule has 1 N–H and O–H groups in total. The topological polar surface area (TPSA) is 12.0 Å². The summed E-state index contributed by atoms with van der Waals surface area (Å²) in [6, 6.07) is 5.05. The molecule has 76 valence electrons. The smallest absolute Gasteiger partial charge is 0.127 e. The van der Waals surface area contributed by atoms with Gasteiger partial charge in [0.1, 0.15) is 5.82 Å². The van der Waals surface area contributed by atoms with Crippen LogP contribution in [0.4, 0.5) is 4.39 Å². The highest BCUT2D eigenvalue weighted by atomic mass is 79.9. The lowest BCUT2D eigenvalue weighted by atomic mass is 10.2. The molecule has 14 heavy (non-hydrogen) atoms. The van der Waals surface area contributed by atoms with E-state index in [2.05, 4.69) is 21.2 Å². The van der Waals surface area contributed by atoms with Gasteiger partial charge in [-0.3, -0.25) is 0 Å². The van der Waals surface area contributed by atoms with E-state index in [1.54, 1.807) is 6.07 Å². The Morgan fingerprint density at radius 3 is 2.93 bits per heavy atom. The summed E-state index contributed by atoms with van der Waals surface area (Å²) in [5.41, 5.74) is 0.736. The van der Waals surface area contributed by atoms with Crippen LogP contribution in [0.15, 0.2) is 22.7 Å². The van der Waals surface area contributed by atoms with E-state index >= 15 is 0 Å². The summed E-state index contributed by atoms with van der Waals surface area (Å²) in [5, 5.41) is 3.27. The highest BCUT2D eigenvalue weighted by molar-refractivity contribution is 9.10. The number of nitrogens with one attached hydrogen (secondary N) is 1. The quantitative estimate of drug-likeness (QED) is 0.875. The van der Waals surface area contributed by atoms with Gasteiger partial charge in [-0.25, -0.2) is 4.39 Å². The molecule has 1 fully saturated rings. The van der Waals surface area contributed by atoms with Crippen LogP contribution in [0.25, 0.3) is 0 Å². The first-order valence-electron chi connectivity index (χ1n) is 4.90. The minimum absolute atomic E-state index is 0.128. The third kappa shape index (κ3) is 2.79. The maximum absolute atomic E-state index is 13.2. The standard InChI is InChI=1S/C11H13BrFN/c12-10-3-4-11(13)9(5-10)7-14-6-8-1-2-8/h3-5,8,14H,1-2,6-7H2. The summed E-state index contributed by atoms with van der Waals surface area (Å²) in [6.45, 7) is 1.65. The molecule has 0 heterocycles. The molecule has 0 bridgehead atoms. The molecule has 1 aromatic rings. The summed E-state index contributed by atoms with van der Waals surface area (Å²) in [4.78, 5) is 0. The second-order valence-electron chi connectivity index (χ2n) is 3.81. The van der Waals surface area contributed by atoms with Gasteiger partial charge in [0.15, 0.2) is 0 Å². The van der Waals surface area contributed by atoms with E-state index in [1.165, 1.54) is 18.9 Å². The lowest BCUT2D eigenvalue weighted by Crippen LogP contribution is -2.16. The number of halogens is 2. The third-order valence-electron chi connectivity index (χ3n) is 2.45. The second-order valence-corrected chi connectivity index (χ2v) is 4.73. The zero-order valence-corrected chi connectivity index (χ0v) is 9.48. The second kappa shape index (κ2) is 4.41. The fourth-order valence-corrected chi connectivity index (χ4v) is 1.82. The maximum atomic E-state index is 13.2. The van der Waals surface area contributed by atoms with E-state index in [1.807, 2.05) is 6.07 Å². The van der Waals surface area contributed by atoms with Gasteiger partial charge in [0.2, 0.25) is 0 Å². The largest absolute Gasteiger partial charge is 0.312 e. The molecule has 1 aromatic carbocycles. The van der Waals surface area contributed by atoms with E-state index in [0.717, 1.165) is 22.5 Å². The van der Waals surface area contributed by atoms with Crippen LogP contribution < -0.4 is 5.32 Å². The first kappa shape index (κ1) is 10.1. The first-order chi connectivity index (χ1) is 6.75. The predicted octanol–water partition coefficient (Wildman–Crippen LogP) is 3.09. The summed E-state index contributed by atoms with van der Waals surface area (Å²) in [5.74, 6) is 0.710. The minimum atomic E-state index is -0.128. The minimum Gasteiger partial charge on any atom is -0.312 e. The first-order valence-corrected chi connectivity index (χ1v) is 5.69. The Morgan fingerprint density at radius 1 is 1.43 bits per heavy atom. The van der Waals surface area contributed by atoms with E-state index in [4.69, 9.17) is 0 Å². The van der Waals surface area contributed by atoms with Gasteiger partial charge in [0.25, 0.3) is 0 Å². The van der Waals surface area contributed by atoms with Crippen molar-refractivity contribution in [3.63, 3.8) is 0 Å². The molecule has 2 rings (SSSR count). The van der Waals surface area contributed by atoms with Crippen LogP contribution in [-0.2, 0) is 6.54 Å². The average Bonchev–Trinajstić information content (AvgIpc) is 2.95. The highest BCUT2D eigenvalue weighted by Crippen LogP contribution is 2.27. The molecule has 0 spiro atoms. The van der Waals surface area contributed by atoms with Crippen LogP contribution in [0.5, 0.6) is 0 Å². The number of hydrogen-bond acceptors (Lipinski definition) is 1. The summed E-state index contributed by atoms with van der Waals surface area (Å²) >= 11 is 3.34. The lowest BCUT2D eigenvalue weighted by molar-refractivity contribution is 0.577. The fourth-order valence-electron chi connectivity index (χ4n) is 1.41. The van der Waals surface area contributed by atoms with Gasteiger partial charge < -0.3 is 5.32 Å². The molecular formula is C11H13BrFN. The molecule has 1 aliphatic carbocycles. The van der Waals surface area contributed by atoms with E-state index in [-0.39, 0.29) is 5.82 Å². The van der Waals surface area contributed by atoms with Gasteiger partial charge in [-0.2, -0.15) is 0 Å². The monoisotopic (exact) mass is 257 g/mol. The average molecular weight is 258 g/mol. The SMILES string of the molecule is Fc1ccc(Br)cc1CNCC1CC1. The van der Waals surface area contributed by atoms with Crippen molar-refractivity contribution in [3.05, 3.63) is 34.1 Å². The zero-order valence-electron chi connectivity index (χ0n) is 7.89. The number of hydrogen-bond donors (Lipinski definition) is 1. The molecular weight excluding hydrogens is 245 g/mol. The van der Waals surface area contributed by atoms with Crippen molar-refractivity contribution in [2.24, 2.45) is 5.92 Å². The highest BCUT2D eigenvalue weighted by Gasteiger charge is 2.20. The Kier molecular flexibility index (Phi) is 3.19. The van der Waals surface area contributed by atoms with E-state index in [9.17, 15) is 4.39 Å². The molecule has 0 radical (unpaired) electrons. The van der Waals surface area contributed by atoms with Crippen LogP contribution >= 0.6 is 15.9 Å². The van der Waals surface area contributed by atoms with Crippen molar-refractivity contribution in [3.8, 4) is 0 Å². The van der Waals surface area contributed by atoms with Gasteiger partial charge in [0, 0.05) is 16.6 Å². The molecule has 0 saturated heterocycles. The molecule has 1 aliphatic rings. The summed E-state index contributed by atoms with van der Waals surface area (Å²) in [7, 11) is 0. The number of rotatable bonds is 4. The van der Waals surface area contributed by atoms with Gasteiger partial charge in [-0.1, -0.05) is 15.9 Å². The molecule has 3 heteroatoms. The van der Waals surface area contributed by atoms with Crippen LogP contribution in [0.2, 0.25) is 0 Å². The van der Waals surface area contributed by atoms with Crippen LogP contribution in [0, 0.1) is 11.7 Å².